The SMILES string of the molecule is O=C(CCc1cncnc1)N1CCN2CC(OCc3ccccc3)CC2C1. The van der Waals surface area contributed by atoms with Gasteiger partial charge in [-0.2, -0.15) is 0 Å². The van der Waals surface area contributed by atoms with Crippen molar-refractivity contribution in [1.82, 2.24) is 19.8 Å². The first kappa shape index (κ1) is 18.1. The monoisotopic (exact) mass is 366 g/mol. The Bertz CT molecular complexity index is 740. The Morgan fingerprint density at radius 2 is 1.89 bits per heavy atom. The van der Waals surface area contributed by atoms with Crippen molar-refractivity contribution in [2.45, 2.75) is 38.0 Å². The van der Waals surface area contributed by atoms with E-state index in [1.54, 1.807) is 12.4 Å². The number of piperazine rings is 1. The van der Waals surface area contributed by atoms with E-state index in [0.717, 1.165) is 38.2 Å². The number of hydrogen-bond donors (Lipinski definition) is 0. The lowest BCUT2D eigenvalue weighted by atomic mass is 10.1. The normalized spacial score (nSPS) is 22.6. The number of hydrogen-bond acceptors (Lipinski definition) is 5. The fourth-order valence-corrected chi connectivity index (χ4v) is 4.00. The molecule has 2 saturated heterocycles. The number of benzene rings is 1. The first-order valence-electron chi connectivity index (χ1n) is 9.69. The highest BCUT2D eigenvalue weighted by Crippen LogP contribution is 2.25. The summed E-state index contributed by atoms with van der Waals surface area (Å²) in [6, 6.07) is 10.7. The van der Waals surface area contributed by atoms with Crippen LogP contribution in [0.2, 0.25) is 0 Å². The van der Waals surface area contributed by atoms with E-state index in [1.807, 2.05) is 23.1 Å². The first-order valence-corrected chi connectivity index (χ1v) is 9.69. The van der Waals surface area contributed by atoms with Crippen LogP contribution in [0.3, 0.4) is 0 Å². The van der Waals surface area contributed by atoms with Crippen LogP contribution in [0.4, 0.5) is 0 Å². The van der Waals surface area contributed by atoms with E-state index in [2.05, 4.69) is 27.0 Å². The molecule has 2 aromatic rings. The second-order valence-corrected chi connectivity index (χ2v) is 7.39. The summed E-state index contributed by atoms with van der Waals surface area (Å²) in [4.78, 5) is 25.1. The molecule has 0 saturated carbocycles. The molecule has 142 valence electrons. The zero-order chi connectivity index (χ0) is 18.5. The Labute approximate surface area is 160 Å². The molecular formula is C21H26N4O2. The first-order chi connectivity index (χ1) is 13.3. The van der Waals surface area contributed by atoms with Gasteiger partial charge in [0.1, 0.15) is 6.33 Å². The summed E-state index contributed by atoms with van der Waals surface area (Å²) in [5, 5.41) is 0. The molecule has 6 heteroatoms. The zero-order valence-corrected chi connectivity index (χ0v) is 15.5. The Morgan fingerprint density at radius 3 is 2.70 bits per heavy atom. The maximum absolute atomic E-state index is 12.6. The third kappa shape index (κ3) is 4.70. The standard InChI is InChI=1S/C21H26N4O2/c26-21(7-6-18-11-22-16-23-12-18)25-9-8-24-14-20(10-19(24)13-25)27-15-17-4-2-1-3-5-17/h1-5,11-12,16,19-20H,6-10,13-15H2. The maximum atomic E-state index is 12.6. The largest absolute Gasteiger partial charge is 0.372 e. The third-order valence-corrected chi connectivity index (χ3v) is 5.50. The van der Waals surface area contributed by atoms with Crippen molar-refractivity contribution in [3.63, 3.8) is 0 Å². The molecule has 1 aromatic heterocycles. The van der Waals surface area contributed by atoms with Gasteiger partial charge in [0.25, 0.3) is 0 Å². The van der Waals surface area contributed by atoms with E-state index in [0.29, 0.717) is 25.5 Å². The predicted molar refractivity (Wildman–Crippen MR) is 102 cm³/mol. The van der Waals surface area contributed by atoms with E-state index in [1.165, 1.54) is 11.9 Å². The number of ether oxygens (including phenoxy) is 1. The molecule has 2 aliphatic rings. The van der Waals surface area contributed by atoms with Crippen LogP contribution < -0.4 is 0 Å². The molecule has 6 nitrogen and oxygen atoms in total. The van der Waals surface area contributed by atoms with Crippen molar-refractivity contribution in [1.29, 1.82) is 0 Å². The fourth-order valence-electron chi connectivity index (χ4n) is 4.00. The summed E-state index contributed by atoms with van der Waals surface area (Å²) in [5.74, 6) is 0.229. The Morgan fingerprint density at radius 1 is 1.07 bits per heavy atom. The highest BCUT2D eigenvalue weighted by molar-refractivity contribution is 5.76. The van der Waals surface area contributed by atoms with Crippen molar-refractivity contribution in [3.05, 3.63) is 60.2 Å². The Balaban J connectivity index is 1.24. The summed E-state index contributed by atoms with van der Waals surface area (Å²) in [6.07, 6.45) is 7.56. The summed E-state index contributed by atoms with van der Waals surface area (Å²) in [5.41, 5.74) is 2.23. The lowest BCUT2D eigenvalue weighted by molar-refractivity contribution is -0.133. The highest BCUT2D eigenvalue weighted by Gasteiger charge is 2.37. The smallest absolute Gasteiger partial charge is 0.223 e. The summed E-state index contributed by atoms with van der Waals surface area (Å²) >= 11 is 0. The molecule has 2 atom stereocenters. The Kier molecular flexibility index (Phi) is 5.75. The molecule has 2 unspecified atom stereocenters. The van der Waals surface area contributed by atoms with Gasteiger partial charge in [0, 0.05) is 51.0 Å². The molecule has 3 heterocycles. The van der Waals surface area contributed by atoms with Crippen LogP contribution in [0, 0.1) is 0 Å². The average molecular weight is 366 g/mol. The molecular weight excluding hydrogens is 340 g/mol. The van der Waals surface area contributed by atoms with Gasteiger partial charge in [-0.15, -0.1) is 0 Å². The average Bonchev–Trinajstić information content (AvgIpc) is 3.14. The van der Waals surface area contributed by atoms with Crippen molar-refractivity contribution in [3.8, 4) is 0 Å². The van der Waals surface area contributed by atoms with Crippen LogP contribution in [0.1, 0.15) is 24.0 Å². The van der Waals surface area contributed by atoms with Gasteiger partial charge in [-0.05, 0) is 24.0 Å². The molecule has 1 amide bonds. The van der Waals surface area contributed by atoms with E-state index >= 15 is 0 Å². The second kappa shape index (κ2) is 8.59. The number of fused-ring (bicyclic) bond motifs is 1. The second-order valence-electron chi connectivity index (χ2n) is 7.39. The minimum Gasteiger partial charge on any atom is -0.372 e. The topological polar surface area (TPSA) is 58.6 Å². The van der Waals surface area contributed by atoms with Gasteiger partial charge >= 0.3 is 0 Å². The number of aromatic nitrogens is 2. The maximum Gasteiger partial charge on any atom is 0.223 e. The number of rotatable bonds is 6. The Hall–Kier alpha value is -2.31. The van der Waals surface area contributed by atoms with Gasteiger partial charge in [-0.1, -0.05) is 30.3 Å². The molecule has 2 fully saturated rings. The van der Waals surface area contributed by atoms with Crippen LogP contribution in [0.15, 0.2) is 49.1 Å². The van der Waals surface area contributed by atoms with Gasteiger partial charge in [0.15, 0.2) is 0 Å². The molecule has 0 radical (unpaired) electrons. The van der Waals surface area contributed by atoms with Crippen molar-refractivity contribution >= 4 is 5.91 Å². The summed E-state index contributed by atoms with van der Waals surface area (Å²) in [7, 11) is 0. The predicted octanol–water partition coefficient (Wildman–Crippen LogP) is 1.91. The highest BCUT2D eigenvalue weighted by atomic mass is 16.5. The number of nitrogens with zero attached hydrogens (tertiary/aromatic N) is 4. The van der Waals surface area contributed by atoms with Gasteiger partial charge in [-0.3, -0.25) is 9.69 Å². The van der Waals surface area contributed by atoms with Crippen molar-refractivity contribution in [2.24, 2.45) is 0 Å². The van der Waals surface area contributed by atoms with E-state index < -0.39 is 0 Å². The lowest BCUT2D eigenvalue weighted by Crippen LogP contribution is -2.52. The van der Waals surface area contributed by atoms with E-state index in [9.17, 15) is 4.79 Å². The van der Waals surface area contributed by atoms with Crippen LogP contribution in [0.25, 0.3) is 0 Å². The lowest BCUT2D eigenvalue weighted by Gasteiger charge is -2.37. The molecule has 2 aliphatic heterocycles. The van der Waals surface area contributed by atoms with Crippen LogP contribution >= 0.6 is 0 Å². The van der Waals surface area contributed by atoms with Crippen LogP contribution in [-0.2, 0) is 22.6 Å². The molecule has 4 rings (SSSR count). The number of carbonyl (C=O) groups is 1. The quantitative estimate of drug-likeness (QED) is 0.782. The number of amides is 1. The molecule has 27 heavy (non-hydrogen) atoms. The van der Waals surface area contributed by atoms with Gasteiger partial charge in [0.05, 0.1) is 12.7 Å². The van der Waals surface area contributed by atoms with Crippen molar-refractivity contribution in [2.75, 3.05) is 26.2 Å². The van der Waals surface area contributed by atoms with E-state index in [-0.39, 0.29) is 12.0 Å². The van der Waals surface area contributed by atoms with Gasteiger partial charge < -0.3 is 9.64 Å². The molecule has 1 aromatic carbocycles. The summed E-state index contributed by atoms with van der Waals surface area (Å²) < 4.78 is 6.12. The van der Waals surface area contributed by atoms with E-state index in [4.69, 9.17) is 4.74 Å². The molecule has 0 spiro atoms. The van der Waals surface area contributed by atoms with Crippen LogP contribution in [0.5, 0.6) is 0 Å². The number of carbonyl (C=O) groups excluding carboxylic acids is 1. The van der Waals surface area contributed by atoms with Gasteiger partial charge in [-0.25, -0.2) is 9.97 Å². The zero-order valence-electron chi connectivity index (χ0n) is 15.5. The fraction of sp³-hybridized carbons (Fsp3) is 0.476. The molecule has 0 aliphatic carbocycles. The van der Waals surface area contributed by atoms with Crippen molar-refractivity contribution < 1.29 is 9.53 Å². The van der Waals surface area contributed by atoms with Gasteiger partial charge in [0.2, 0.25) is 5.91 Å². The number of aryl methyl sites for hydroxylation is 1. The van der Waals surface area contributed by atoms with Crippen LogP contribution in [-0.4, -0.2) is 64.0 Å². The molecule has 0 N–H and O–H groups in total. The minimum atomic E-state index is 0.229. The summed E-state index contributed by atoms with van der Waals surface area (Å²) in [6.45, 7) is 4.20. The minimum absolute atomic E-state index is 0.229. The molecule has 0 bridgehead atoms. The third-order valence-electron chi connectivity index (χ3n) is 5.50.